The summed E-state index contributed by atoms with van der Waals surface area (Å²) in [7, 11) is 0. The predicted molar refractivity (Wildman–Crippen MR) is 33.6 cm³/mol. The summed E-state index contributed by atoms with van der Waals surface area (Å²) in [5.41, 5.74) is 10.2. The molecule has 3 heteroatoms. The van der Waals surface area contributed by atoms with Crippen molar-refractivity contribution in [1.82, 2.24) is 0 Å². The number of nitrogens with zero attached hydrogens (tertiary/aromatic N) is 1. The van der Waals surface area contributed by atoms with Gasteiger partial charge in [0.05, 0.1) is 6.54 Å². The predicted octanol–water partition coefficient (Wildman–Crippen LogP) is -0.759. The van der Waals surface area contributed by atoms with E-state index in [2.05, 4.69) is 4.99 Å². The maximum Gasteiger partial charge on any atom is 0.103 e. The first-order chi connectivity index (χ1) is 3.71. The van der Waals surface area contributed by atoms with Gasteiger partial charge in [-0.2, -0.15) is 0 Å². The highest BCUT2D eigenvalue weighted by atomic mass is 15.0. The molecular weight excluding hydrogens is 102 g/mol. The summed E-state index contributed by atoms with van der Waals surface area (Å²) in [5.74, 6) is 0. The molecule has 0 radical (unpaired) electrons. The SMILES string of the molecule is NC1(N)C=CC=NC1. The van der Waals surface area contributed by atoms with Gasteiger partial charge >= 0.3 is 0 Å². The number of dihydropyridines is 1. The molecule has 1 heterocycles. The molecule has 8 heavy (non-hydrogen) atoms. The first kappa shape index (κ1) is 5.47. The Kier molecular flexibility index (Phi) is 1.15. The Morgan fingerprint density at radius 1 is 1.50 bits per heavy atom. The molecule has 0 aromatic rings. The van der Waals surface area contributed by atoms with Crippen LogP contribution in [0.1, 0.15) is 0 Å². The van der Waals surface area contributed by atoms with Gasteiger partial charge in [0.2, 0.25) is 0 Å². The summed E-state index contributed by atoms with van der Waals surface area (Å²) in [4.78, 5) is 3.87. The second-order valence-electron chi connectivity index (χ2n) is 1.96. The van der Waals surface area contributed by atoms with Crippen LogP contribution in [-0.4, -0.2) is 18.4 Å². The van der Waals surface area contributed by atoms with E-state index in [0.717, 1.165) is 0 Å². The van der Waals surface area contributed by atoms with Crippen LogP contribution < -0.4 is 11.5 Å². The van der Waals surface area contributed by atoms with E-state index in [-0.39, 0.29) is 0 Å². The van der Waals surface area contributed by atoms with Crippen molar-refractivity contribution in [2.45, 2.75) is 5.66 Å². The zero-order valence-corrected chi connectivity index (χ0v) is 4.54. The Balaban J connectivity index is 2.65. The lowest BCUT2D eigenvalue weighted by Crippen LogP contribution is -2.51. The van der Waals surface area contributed by atoms with E-state index in [1.807, 2.05) is 0 Å². The summed E-state index contributed by atoms with van der Waals surface area (Å²) in [6.07, 6.45) is 5.18. The largest absolute Gasteiger partial charge is 0.309 e. The van der Waals surface area contributed by atoms with Crippen LogP contribution in [0.15, 0.2) is 17.1 Å². The van der Waals surface area contributed by atoms with Gasteiger partial charge in [0.1, 0.15) is 5.66 Å². The highest BCUT2D eigenvalue weighted by Gasteiger charge is 2.14. The lowest BCUT2D eigenvalue weighted by molar-refractivity contribution is 0.564. The Labute approximate surface area is 48.1 Å². The van der Waals surface area contributed by atoms with Gasteiger partial charge in [0.25, 0.3) is 0 Å². The van der Waals surface area contributed by atoms with E-state index in [1.54, 1.807) is 18.4 Å². The number of rotatable bonds is 0. The third-order valence-electron chi connectivity index (χ3n) is 0.963. The molecule has 0 spiro atoms. The maximum absolute atomic E-state index is 5.46. The number of hydrogen-bond acceptors (Lipinski definition) is 3. The van der Waals surface area contributed by atoms with Crippen LogP contribution in [0.25, 0.3) is 0 Å². The first-order valence-corrected chi connectivity index (χ1v) is 2.46. The first-order valence-electron chi connectivity index (χ1n) is 2.46. The molecule has 3 nitrogen and oxygen atoms in total. The van der Waals surface area contributed by atoms with Crippen molar-refractivity contribution in [1.29, 1.82) is 0 Å². The van der Waals surface area contributed by atoms with Gasteiger partial charge in [-0.15, -0.1) is 0 Å². The Morgan fingerprint density at radius 3 is 2.50 bits per heavy atom. The monoisotopic (exact) mass is 111 g/mol. The number of nitrogens with two attached hydrogens (primary N) is 2. The molecule has 1 rings (SSSR count). The van der Waals surface area contributed by atoms with Crippen LogP contribution in [0.3, 0.4) is 0 Å². The van der Waals surface area contributed by atoms with Gasteiger partial charge in [0, 0.05) is 6.21 Å². The molecular formula is C5H9N3. The third-order valence-corrected chi connectivity index (χ3v) is 0.963. The lowest BCUT2D eigenvalue weighted by Gasteiger charge is -2.18. The van der Waals surface area contributed by atoms with Crippen molar-refractivity contribution in [2.75, 3.05) is 6.54 Å². The van der Waals surface area contributed by atoms with E-state index in [1.165, 1.54) is 0 Å². The van der Waals surface area contributed by atoms with E-state index >= 15 is 0 Å². The van der Waals surface area contributed by atoms with Gasteiger partial charge in [-0.1, -0.05) is 0 Å². The molecule has 1 aliphatic heterocycles. The smallest absolute Gasteiger partial charge is 0.103 e. The topological polar surface area (TPSA) is 64.4 Å². The maximum atomic E-state index is 5.46. The summed E-state index contributed by atoms with van der Waals surface area (Å²) in [6.45, 7) is 0.490. The molecule has 0 saturated heterocycles. The van der Waals surface area contributed by atoms with Crippen molar-refractivity contribution in [3.8, 4) is 0 Å². The summed E-state index contributed by atoms with van der Waals surface area (Å²) < 4.78 is 0. The number of aliphatic imine (C=N–C) groups is 1. The molecule has 0 unspecified atom stereocenters. The molecule has 0 aliphatic carbocycles. The van der Waals surface area contributed by atoms with Crippen LogP contribution in [-0.2, 0) is 0 Å². The minimum absolute atomic E-state index is 0.490. The number of hydrogen-bond donors (Lipinski definition) is 2. The second-order valence-corrected chi connectivity index (χ2v) is 1.96. The molecule has 0 bridgehead atoms. The summed E-state index contributed by atoms with van der Waals surface area (Å²) in [5, 5.41) is 0. The van der Waals surface area contributed by atoms with Crippen LogP contribution in [0.5, 0.6) is 0 Å². The van der Waals surface area contributed by atoms with Crippen LogP contribution in [0.4, 0.5) is 0 Å². The molecule has 0 fully saturated rings. The van der Waals surface area contributed by atoms with Crippen molar-refractivity contribution < 1.29 is 0 Å². The van der Waals surface area contributed by atoms with Crippen molar-refractivity contribution in [3.63, 3.8) is 0 Å². The molecule has 0 aromatic carbocycles. The summed E-state index contributed by atoms with van der Waals surface area (Å²) in [6, 6.07) is 0. The average molecular weight is 111 g/mol. The molecule has 0 aromatic heterocycles. The Morgan fingerprint density at radius 2 is 2.25 bits per heavy atom. The van der Waals surface area contributed by atoms with E-state index in [9.17, 15) is 0 Å². The molecule has 0 amide bonds. The van der Waals surface area contributed by atoms with E-state index < -0.39 is 5.66 Å². The molecule has 0 atom stereocenters. The fourth-order valence-electron chi connectivity index (χ4n) is 0.547. The third kappa shape index (κ3) is 1.15. The van der Waals surface area contributed by atoms with E-state index in [4.69, 9.17) is 11.5 Å². The Hall–Kier alpha value is -0.670. The highest BCUT2D eigenvalue weighted by molar-refractivity contribution is 5.72. The van der Waals surface area contributed by atoms with Crippen molar-refractivity contribution in [2.24, 2.45) is 16.5 Å². The van der Waals surface area contributed by atoms with Gasteiger partial charge in [0.15, 0.2) is 0 Å². The summed E-state index contributed by atoms with van der Waals surface area (Å²) >= 11 is 0. The van der Waals surface area contributed by atoms with Gasteiger partial charge in [-0.25, -0.2) is 0 Å². The fourth-order valence-corrected chi connectivity index (χ4v) is 0.547. The van der Waals surface area contributed by atoms with E-state index in [0.29, 0.717) is 6.54 Å². The fraction of sp³-hybridized carbons (Fsp3) is 0.400. The minimum Gasteiger partial charge on any atom is -0.309 e. The molecule has 0 saturated carbocycles. The zero-order valence-electron chi connectivity index (χ0n) is 4.54. The minimum atomic E-state index is -0.700. The number of allylic oxidation sites excluding steroid dienone is 1. The normalized spacial score (nSPS) is 23.8. The lowest BCUT2D eigenvalue weighted by atomic mass is 10.1. The van der Waals surface area contributed by atoms with Crippen molar-refractivity contribution in [3.05, 3.63) is 12.2 Å². The standard InChI is InChI=1S/C5H9N3/c6-5(7)2-1-3-8-4-5/h1-3H,4,6-7H2. The van der Waals surface area contributed by atoms with Gasteiger partial charge in [-0.3, -0.25) is 4.99 Å². The quantitative estimate of drug-likeness (QED) is 0.403. The second kappa shape index (κ2) is 1.69. The van der Waals surface area contributed by atoms with Crippen LogP contribution in [0, 0.1) is 0 Å². The van der Waals surface area contributed by atoms with Gasteiger partial charge in [-0.05, 0) is 12.2 Å². The van der Waals surface area contributed by atoms with Crippen LogP contribution >= 0.6 is 0 Å². The molecule has 1 aliphatic rings. The van der Waals surface area contributed by atoms with Crippen molar-refractivity contribution >= 4 is 6.21 Å². The molecule has 4 N–H and O–H groups in total. The zero-order chi connectivity index (χ0) is 6.04. The highest BCUT2D eigenvalue weighted by Crippen LogP contribution is 1.96. The van der Waals surface area contributed by atoms with Gasteiger partial charge < -0.3 is 11.5 Å². The average Bonchev–Trinajstić information content (AvgIpc) is 1.65. The Bertz CT molecular complexity index is 135. The van der Waals surface area contributed by atoms with Crippen LogP contribution in [0.2, 0.25) is 0 Å². The molecule has 44 valence electrons.